The third-order valence-corrected chi connectivity index (χ3v) is 7.77. The van der Waals surface area contributed by atoms with E-state index in [2.05, 4.69) is 43.5 Å². The van der Waals surface area contributed by atoms with Gasteiger partial charge in [-0.1, -0.05) is 36.4 Å². The van der Waals surface area contributed by atoms with Crippen molar-refractivity contribution in [1.82, 2.24) is 9.97 Å². The van der Waals surface area contributed by atoms with Gasteiger partial charge < -0.3 is 16.0 Å². The van der Waals surface area contributed by atoms with Crippen LogP contribution in [0.4, 0.5) is 11.4 Å². The second-order valence-electron chi connectivity index (χ2n) is 8.80. The van der Waals surface area contributed by atoms with Gasteiger partial charge in [-0.15, -0.1) is 20.6 Å². The molecule has 1 fully saturated rings. The molecule has 1 aliphatic rings. The zero-order valence-electron chi connectivity index (χ0n) is 19.3. The molecule has 3 heterocycles. The lowest BCUT2D eigenvalue weighted by Gasteiger charge is -2.34. The summed E-state index contributed by atoms with van der Waals surface area (Å²) in [5.74, 6) is -0.224. The van der Waals surface area contributed by atoms with Crippen LogP contribution < -0.4 is 21.3 Å². The van der Waals surface area contributed by atoms with E-state index in [1.807, 2.05) is 37.3 Å². The summed E-state index contributed by atoms with van der Waals surface area (Å²) < 4.78 is 0. The lowest BCUT2D eigenvalue weighted by atomic mass is 10.0. The minimum Gasteiger partial charge on any atom is -0.368 e. The minimum atomic E-state index is -0.224. The number of nitrogens with one attached hydrogen (secondary N) is 1. The number of anilines is 2. The third kappa shape index (κ3) is 4.31. The van der Waals surface area contributed by atoms with Gasteiger partial charge in [0, 0.05) is 35.0 Å². The van der Waals surface area contributed by atoms with Crippen molar-refractivity contribution in [3.63, 3.8) is 0 Å². The minimum absolute atomic E-state index is 0.114. The number of pyridine rings is 1. The van der Waals surface area contributed by atoms with Gasteiger partial charge in [0.15, 0.2) is 0 Å². The molecular formula is C26H28N5OPS. The number of aromatic nitrogens is 2. The van der Waals surface area contributed by atoms with Crippen molar-refractivity contribution < 1.29 is 4.79 Å². The van der Waals surface area contributed by atoms with Crippen LogP contribution in [-0.2, 0) is 0 Å². The number of amides is 1. The topological polar surface area (TPSA) is 84.1 Å². The summed E-state index contributed by atoms with van der Waals surface area (Å²) in [6.45, 7) is 5.66. The molecule has 5 rings (SSSR count). The smallest absolute Gasteiger partial charge is 0.275 e. The second-order valence-corrected chi connectivity index (χ2v) is 10.6. The van der Waals surface area contributed by atoms with Crippen LogP contribution in [0.5, 0.6) is 0 Å². The number of para-hydroxylation sites is 1. The molecule has 8 heteroatoms. The number of fused-ring (bicyclic) bond motifs is 1. The molecule has 0 spiro atoms. The van der Waals surface area contributed by atoms with E-state index in [0.29, 0.717) is 11.4 Å². The van der Waals surface area contributed by atoms with Crippen molar-refractivity contribution in [2.75, 3.05) is 23.3 Å². The van der Waals surface area contributed by atoms with E-state index in [1.165, 1.54) is 0 Å². The van der Waals surface area contributed by atoms with Crippen molar-refractivity contribution in [3.8, 4) is 10.6 Å². The highest BCUT2D eigenvalue weighted by Gasteiger charge is 2.24. The SMILES string of the molecule is Cc1cccc(P)c1-c1nc(C(=O)Nc2cnc3ccccc3c2N2CCCC(N)C2)c(C)s1. The summed E-state index contributed by atoms with van der Waals surface area (Å²) in [6.07, 6.45) is 3.78. The number of thiazole rings is 1. The maximum absolute atomic E-state index is 13.4. The molecule has 4 aromatic rings. The van der Waals surface area contributed by atoms with Crippen LogP contribution in [0.15, 0.2) is 48.7 Å². The van der Waals surface area contributed by atoms with E-state index in [0.717, 1.165) is 68.8 Å². The zero-order chi connectivity index (χ0) is 23.8. The number of carbonyl (C=O) groups is 1. The Balaban J connectivity index is 1.52. The van der Waals surface area contributed by atoms with Gasteiger partial charge in [0.25, 0.3) is 5.91 Å². The maximum Gasteiger partial charge on any atom is 0.275 e. The van der Waals surface area contributed by atoms with Gasteiger partial charge in [-0.25, -0.2) is 4.98 Å². The number of carbonyl (C=O) groups excluding carboxylic acids is 1. The predicted octanol–water partition coefficient (Wildman–Crippen LogP) is 4.66. The van der Waals surface area contributed by atoms with Gasteiger partial charge in [0.1, 0.15) is 10.7 Å². The lowest BCUT2D eigenvalue weighted by Crippen LogP contribution is -2.43. The van der Waals surface area contributed by atoms with E-state index in [4.69, 9.17) is 10.7 Å². The van der Waals surface area contributed by atoms with E-state index in [9.17, 15) is 4.79 Å². The summed E-state index contributed by atoms with van der Waals surface area (Å²) in [4.78, 5) is 26.0. The molecule has 0 radical (unpaired) electrons. The Bertz CT molecular complexity index is 1360. The van der Waals surface area contributed by atoms with Crippen LogP contribution in [-0.4, -0.2) is 35.0 Å². The van der Waals surface area contributed by atoms with Crippen molar-refractivity contribution in [2.24, 2.45) is 5.73 Å². The van der Waals surface area contributed by atoms with Crippen LogP contribution in [0.2, 0.25) is 0 Å². The monoisotopic (exact) mass is 489 g/mol. The molecule has 2 unspecified atom stereocenters. The van der Waals surface area contributed by atoms with E-state index >= 15 is 0 Å². The molecule has 1 amide bonds. The number of piperidine rings is 1. The van der Waals surface area contributed by atoms with Crippen molar-refractivity contribution in [1.29, 1.82) is 0 Å². The largest absolute Gasteiger partial charge is 0.368 e. The summed E-state index contributed by atoms with van der Waals surface area (Å²) >= 11 is 1.54. The number of hydrogen-bond acceptors (Lipinski definition) is 6. The molecular weight excluding hydrogens is 461 g/mol. The molecule has 1 aliphatic heterocycles. The number of aryl methyl sites for hydroxylation is 2. The molecule has 6 nitrogen and oxygen atoms in total. The van der Waals surface area contributed by atoms with Gasteiger partial charge in [-0.2, -0.15) is 0 Å². The fourth-order valence-corrected chi connectivity index (χ4v) is 6.27. The van der Waals surface area contributed by atoms with Gasteiger partial charge in [-0.05, 0) is 43.6 Å². The Hall–Kier alpha value is -2.86. The summed E-state index contributed by atoms with van der Waals surface area (Å²) in [6, 6.07) is 14.3. The molecule has 1 saturated heterocycles. The fourth-order valence-electron chi connectivity index (χ4n) is 4.65. The Morgan fingerprint density at radius 3 is 2.82 bits per heavy atom. The number of hydrogen-bond donors (Lipinski definition) is 2. The Morgan fingerprint density at radius 1 is 1.21 bits per heavy atom. The molecule has 174 valence electrons. The highest BCUT2D eigenvalue weighted by Crippen LogP contribution is 2.36. The summed E-state index contributed by atoms with van der Waals surface area (Å²) in [5.41, 5.74) is 11.5. The number of benzene rings is 2. The Kier molecular flexibility index (Phi) is 6.34. The van der Waals surface area contributed by atoms with Gasteiger partial charge >= 0.3 is 0 Å². The molecule has 2 aromatic carbocycles. The van der Waals surface area contributed by atoms with Crippen LogP contribution >= 0.6 is 20.6 Å². The molecule has 2 aromatic heterocycles. The number of rotatable bonds is 4. The molecule has 0 aliphatic carbocycles. The zero-order valence-corrected chi connectivity index (χ0v) is 21.3. The fraction of sp³-hybridized carbons (Fsp3) is 0.269. The molecule has 2 atom stereocenters. The van der Waals surface area contributed by atoms with Crippen LogP contribution in [0.3, 0.4) is 0 Å². The first kappa shape index (κ1) is 22.9. The molecule has 0 saturated carbocycles. The second kappa shape index (κ2) is 9.41. The first-order chi connectivity index (χ1) is 16.4. The van der Waals surface area contributed by atoms with E-state index < -0.39 is 0 Å². The first-order valence-electron chi connectivity index (χ1n) is 11.4. The average molecular weight is 490 g/mol. The number of nitrogens with zero attached hydrogens (tertiary/aromatic N) is 3. The van der Waals surface area contributed by atoms with E-state index in [-0.39, 0.29) is 11.9 Å². The van der Waals surface area contributed by atoms with Crippen molar-refractivity contribution >= 4 is 54.1 Å². The van der Waals surface area contributed by atoms with Gasteiger partial charge in [0.2, 0.25) is 0 Å². The third-order valence-electron chi connectivity index (χ3n) is 6.30. The van der Waals surface area contributed by atoms with Crippen molar-refractivity contribution in [3.05, 3.63) is 64.8 Å². The van der Waals surface area contributed by atoms with E-state index in [1.54, 1.807) is 17.5 Å². The Labute approximate surface area is 205 Å². The van der Waals surface area contributed by atoms with Gasteiger partial charge in [0.05, 0.1) is 23.1 Å². The highest BCUT2D eigenvalue weighted by molar-refractivity contribution is 7.28. The molecule has 0 bridgehead atoms. The molecule has 3 N–H and O–H groups in total. The maximum atomic E-state index is 13.4. The van der Waals surface area contributed by atoms with Crippen molar-refractivity contribution in [2.45, 2.75) is 32.7 Å². The van der Waals surface area contributed by atoms with Crippen LogP contribution in [0.25, 0.3) is 21.5 Å². The normalized spacial score (nSPS) is 16.1. The summed E-state index contributed by atoms with van der Waals surface area (Å²) in [5, 5.41) is 6.06. The quantitative estimate of drug-likeness (QED) is 0.408. The number of nitrogens with two attached hydrogens (primary N) is 1. The lowest BCUT2D eigenvalue weighted by molar-refractivity contribution is 0.102. The Morgan fingerprint density at radius 2 is 2.03 bits per heavy atom. The average Bonchev–Trinajstić information content (AvgIpc) is 3.20. The summed E-state index contributed by atoms with van der Waals surface area (Å²) in [7, 11) is 2.77. The molecule has 34 heavy (non-hydrogen) atoms. The predicted molar refractivity (Wildman–Crippen MR) is 145 cm³/mol. The first-order valence-corrected chi connectivity index (χ1v) is 12.8. The van der Waals surface area contributed by atoms with Crippen LogP contribution in [0, 0.1) is 13.8 Å². The highest BCUT2D eigenvalue weighted by atomic mass is 32.1. The van der Waals surface area contributed by atoms with Gasteiger partial charge in [-0.3, -0.25) is 9.78 Å². The standard InChI is InChI=1S/C26H28N5OPS/c1-15-7-5-11-21(33)22(15)26-30-23(16(2)34-26)25(32)29-20-13-28-19-10-4-3-9-18(19)24(20)31-12-6-8-17(27)14-31/h3-5,7,9-11,13,17H,6,8,12,14,27,33H2,1-2H3,(H,29,32). The van der Waals surface area contributed by atoms with Crippen LogP contribution in [0.1, 0.15) is 33.8 Å².